The number of benzene rings is 2. The van der Waals surface area contributed by atoms with Gasteiger partial charge in [-0.2, -0.15) is 0 Å². The van der Waals surface area contributed by atoms with Crippen LogP contribution in [0.4, 0.5) is 5.69 Å². The standard InChI is InChI=1S/C18H14N2/c1-3-8-15(9-4-1)14-20-17-12-7-13-19-18(17)16-10-5-2-6-11-16/h1-14H. The molecule has 0 bridgehead atoms. The van der Waals surface area contributed by atoms with Crippen molar-refractivity contribution >= 4 is 11.9 Å². The van der Waals surface area contributed by atoms with Crippen molar-refractivity contribution in [1.82, 2.24) is 4.98 Å². The Hall–Kier alpha value is -2.74. The van der Waals surface area contributed by atoms with Gasteiger partial charge in [-0.25, -0.2) is 0 Å². The lowest BCUT2D eigenvalue weighted by atomic mass is 10.1. The van der Waals surface area contributed by atoms with Crippen molar-refractivity contribution in [2.24, 2.45) is 4.99 Å². The summed E-state index contributed by atoms with van der Waals surface area (Å²) in [4.78, 5) is 9.01. The number of hydrogen-bond acceptors (Lipinski definition) is 2. The van der Waals surface area contributed by atoms with E-state index in [1.165, 1.54) is 0 Å². The third kappa shape index (κ3) is 2.81. The van der Waals surface area contributed by atoms with E-state index in [0.29, 0.717) is 0 Å². The fourth-order valence-corrected chi connectivity index (χ4v) is 2.00. The maximum absolute atomic E-state index is 4.57. The van der Waals surface area contributed by atoms with Crippen molar-refractivity contribution in [3.8, 4) is 11.3 Å². The molecule has 2 nitrogen and oxygen atoms in total. The molecule has 3 aromatic rings. The van der Waals surface area contributed by atoms with E-state index in [4.69, 9.17) is 0 Å². The lowest BCUT2D eigenvalue weighted by Crippen LogP contribution is -1.84. The van der Waals surface area contributed by atoms with E-state index in [1.807, 2.05) is 79.0 Å². The molecule has 0 saturated heterocycles. The van der Waals surface area contributed by atoms with Crippen molar-refractivity contribution in [2.75, 3.05) is 0 Å². The fraction of sp³-hybridized carbons (Fsp3) is 0. The second kappa shape index (κ2) is 5.93. The van der Waals surface area contributed by atoms with Gasteiger partial charge in [0.1, 0.15) is 0 Å². The minimum absolute atomic E-state index is 0.877. The quantitative estimate of drug-likeness (QED) is 0.635. The van der Waals surface area contributed by atoms with E-state index in [9.17, 15) is 0 Å². The maximum atomic E-state index is 4.57. The Kier molecular flexibility index (Phi) is 3.65. The van der Waals surface area contributed by atoms with Gasteiger partial charge >= 0.3 is 0 Å². The first-order valence-corrected chi connectivity index (χ1v) is 6.53. The lowest BCUT2D eigenvalue weighted by Gasteiger charge is -2.04. The van der Waals surface area contributed by atoms with Crippen LogP contribution in [0.3, 0.4) is 0 Å². The van der Waals surface area contributed by atoms with Gasteiger partial charge in [0.25, 0.3) is 0 Å². The van der Waals surface area contributed by atoms with Crippen LogP contribution in [0.15, 0.2) is 84.0 Å². The third-order valence-corrected chi connectivity index (χ3v) is 2.99. The highest BCUT2D eigenvalue weighted by atomic mass is 14.8. The predicted octanol–water partition coefficient (Wildman–Crippen LogP) is 4.50. The Morgan fingerprint density at radius 3 is 2.20 bits per heavy atom. The summed E-state index contributed by atoms with van der Waals surface area (Å²) in [5, 5.41) is 0. The SMILES string of the molecule is C(=Nc1cccnc1-c1ccccc1)c1ccccc1. The highest BCUT2D eigenvalue weighted by Crippen LogP contribution is 2.27. The molecule has 2 aromatic carbocycles. The molecule has 0 amide bonds. The predicted molar refractivity (Wildman–Crippen MR) is 83.4 cm³/mol. The zero-order valence-electron chi connectivity index (χ0n) is 11.0. The molecular formula is C18H14N2. The summed E-state index contributed by atoms with van der Waals surface area (Å²) in [6.07, 6.45) is 3.66. The van der Waals surface area contributed by atoms with Gasteiger partial charge in [0, 0.05) is 18.0 Å². The molecule has 0 atom stereocenters. The normalized spacial score (nSPS) is 10.8. The van der Waals surface area contributed by atoms with Crippen molar-refractivity contribution in [1.29, 1.82) is 0 Å². The number of rotatable bonds is 3. The van der Waals surface area contributed by atoms with Crippen molar-refractivity contribution < 1.29 is 0 Å². The second-order valence-corrected chi connectivity index (χ2v) is 4.41. The Bertz CT molecular complexity index is 704. The topological polar surface area (TPSA) is 25.2 Å². The molecule has 0 radical (unpaired) electrons. The van der Waals surface area contributed by atoms with E-state index in [-0.39, 0.29) is 0 Å². The first-order chi connectivity index (χ1) is 9.93. The maximum Gasteiger partial charge on any atom is 0.0958 e. The van der Waals surface area contributed by atoms with Gasteiger partial charge < -0.3 is 0 Å². The van der Waals surface area contributed by atoms with E-state index >= 15 is 0 Å². The zero-order valence-corrected chi connectivity index (χ0v) is 11.0. The molecule has 0 saturated carbocycles. The number of pyridine rings is 1. The monoisotopic (exact) mass is 258 g/mol. The van der Waals surface area contributed by atoms with Gasteiger partial charge in [-0.05, 0) is 17.7 Å². The summed E-state index contributed by atoms with van der Waals surface area (Å²) in [6, 6.07) is 24.1. The summed E-state index contributed by atoms with van der Waals surface area (Å²) in [5.74, 6) is 0. The molecule has 0 aliphatic carbocycles. The number of nitrogens with zero attached hydrogens (tertiary/aromatic N) is 2. The van der Waals surface area contributed by atoms with Gasteiger partial charge in [0.05, 0.1) is 11.4 Å². The second-order valence-electron chi connectivity index (χ2n) is 4.41. The van der Waals surface area contributed by atoms with E-state index in [2.05, 4.69) is 9.98 Å². The van der Waals surface area contributed by atoms with Crippen LogP contribution < -0.4 is 0 Å². The van der Waals surface area contributed by atoms with Crippen LogP contribution in [0.25, 0.3) is 11.3 Å². The molecule has 0 N–H and O–H groups in total. The molecule has 1 heterocycles. The molecule has 1 aromatic heterocycles. The largest absolute Gasteiger partial charge is 0.254 e. The van der Waals surface area contributed by atoms with Crippen molar-refractivity contribution in [3.05, 3.63) is 84.6 Å². The van der Waals surface area contributed by atoms with Crippen LogP contribution in [0.1, 0.15) is 5.56 Å². The summed E-state index contributed by atoms with van der Waals surface area (Å²) < 4.78 is 0. The van der Waals surface area contributed by atoms with Crippen LogP contribution in [0.5, 0.6) is 0 Å². The number of aliphatic imine (C=N–C) groups is 1. The Morgan fingerprint density at radius 2 is 1.45 bits per heavy atom. The molecule has 3 rings (SSSR count). The molecule has 0 aliphatic heterocycles. The summed E-state index contributed by atoms with van der Waals surface area (Å²) >= 11 is 0. The Morgan fingerprint density at radius 1 is 0.750 bits per heavy atom. The highest BCUT2D eigenvalue weighted by molar-refractivity contribution is 5.84. The fourth-order valence-electron chi connectivity index (χ4n) is 2.00. The molecular weight excluding hydrogens is 244 g/mol. The molecule has 0 unspecified atom stereocenters. The summed E-state index contributed by atoms with van der Waals surface area (Å²) in [5.41, 5.74) is 3.94. The molecule has 96 valence electrons. The summed E-state index contributed by atoms with van der Waals surface area (Å²) in [7, 11) is 0. The van der Waals surface area contributed by atoms with Crippen LogP contribution in [-0.2, 0) is 0 Å². The van der Waals surface area contributed by atoms with Gasteiger partial charge in [-0.15, -0.1) is 0 Å². The highest BCUT2D eigenvalue weighted by Gasteiger charge is 2.03. The third-order valence-electron chi connectivity index (χ3n) is 2.99. The van der Waals surface area contributed by atoms with Gasteiger partial charge in [0.15, 0.2) is 0 Å². The van der Waals surface area contributed by atoms with Crippen molar-refractivity contribution in [2.45, 2.75) is 0 Å². The molecule has 0 spiro atoms. The Balaban J connectivity index is 1.97. The van der Waals surface area contributed by atoms with Crippen LogP contribution in [0, 0.1) is 0 Å². The minimum Gasteiger partial charge on any atom is -0.254 e. The van der Waals surface area contributed by atoms with Gasteiger partial charge in [-0.3, -0.25) is 9.98 Å². The molecule has 2 heteroatoms. The van der Waals surface area contributed by atoms with Crippen LogP contribution in [0.2, 0.25) is 0 Å². The average molecular weight is 258 g/mol. The summed E-state index contributed by atoms with van der Waals surface area (Å²) in [6.45, 7) is 0. The smallest absolute Gasteiger partial charge is 0.0958 e. The minimum atomic E-state index is 0.877. The van der Waals surface area contributed by atoms with E-state index in [0.717, 1.165) is 22.5 Å². The zero-order chi connectivity index (χ0) is 13.6. The Labute approximate surface area is 118 Å². The molecule has 0 aliphatic rings. The lowest BCUT2D eigenvalue weighted by molar-refractivity contribution is 1.31. The molecule has 0 fully saturated rings. The first kappa shape index (κ1) is 12.3. The number of hydrogen-bond donors (Lipinski definition) is 0. The van der Waals surface area contributed by atoms with E-state index < -0.39 is 0 Å². The van der Waals surface area contributed by atoms with Gasteiger partial charge in [-0.1, -0.05) is 60.7 Å². The van der Waals surface area contributed by atoms with Crippen LogP contribution in [-0.4, -0.2) is 11.2 Å². The van der Waals surface area contributed by atoms with Crippen LogP contribution >= 0.6 is 0 Å². The average Bonchev–Trinajstić information content (AvgIpc) is 2.55. The molecule has 20 heavy (non-hydrogen) atoms. The van der Waals surface area contributed by atoms with Crippen molar-refractivity contribution in [3.63, 3.8) is 0 Å². The number of aromatic nitrogens is 1. The van der Waals surface area contributed by atoms with E-state index in [1.54, 1.807) is 6.20 Å². The van der Waals surface area contributed by atoms with Gasteiger partial charge in [0.2, 0.25) is 0 Å². The first-order valence-electron chi connectivity index (χ1n) is 6.53.